The first-order chi connectivity index (χ1) is 12.1. The van der Waals surface area contributed by atoms with Crippen molar-refractivity contribution in [2.24, 2.45) is 0 Å². The molecule has 0 bridgehead atoms. The van der Waals surface area contributed by atoms with E-state index in [1.54, 1.807) is 6.92 Å². The van der Waals surface area contributed by atoms with E-state index in [-0.39, 0.29) is 18.5 Å². The van der Waals surface area contributed by atoms with Crippen LogP contribution in [0.15, 0.2) is 48.5 Å². The van der Waals surface area contributed by atoms with Crippen molar-refractivity contribution in [3.05, 3.63) is 70.2 Å². The van der Waals surface area contributed by atoms with Crippen LogP contribution in [0.4, 0.5) is 0 Å². The number of aliphatic hydroxyl groups is 1. The Hall–Kier alpha value is -1.88. The van der Waals surface area contributed by atoms with Crippen molar-refractivity contribution in [3.8, 4) is 0 Å². The molecule has 0 fully saturated rings. The fourth-order valence-corrected chi connectivity index (χ4v) is 3.60. The van der Waals surface area contributed by atoms with E-state index in [1.807, 2.05) is 41.3 Å². The van der Waals surface area contributed by atoms with Gasteiger partial charge in [-0.25, -0.2) is 0 Å². The molecule has 1 aliphatic rings. The number of amides is 1. The number of halogens is 1. The molecule has 132 valence electrons. The van der Waals surface area contributed by atoms with E-state index in [0.29, 0.717) is 18.1 Å². The summed E-state index contributed by atoms with van der Waals surface area (Å²) >= 11 is 6.45. The smallest absolute Gasteiger partial charge is 0.237 e. The van der Waals surface area contributed by atoms with E-state index >= 15 is 0 Å². The van der Waals surface area contributed by atoms with Gasteiger partial charge in [0.15, 0.2) is 0 Å². The van der Waals surface area contributed by atoms with Gasteiger partial charge in [0.1, 0.15) is 0 Å². The predicted molar refractivity (Wildman–Crippen MR) is 99.7 cm³/mol. The molecule has 1 amide bonds. The van der Waals surface area contributed by atoms with Crippen LogP contribution in [0.1, 0.15) is 29.7 Å². The molecule has 4 nitrogen and oxygen atoms in total. The number of rotatable bonds is 5. The maximum atomic E-state index is 12.8. The summed E-state index contributed by atoms with van der Waals surface area (Å²) in [6.07, 6.45) is 0.355. The number of hydrogen-bond donors (Lipinski definition) is 2. The van der Waals surface area contributed by atoms with Crippen molar-refractivity contribution in [2.45, 2.75) is 25.5 Å². The minimum absolute atomic E-state index is 0.0140. The van der Waals surface area contributed by atoms with Crippen molar-refractivity contribution in [1.29, 1.82) is 0 Å². The summed E-state index contributed by atoms with van der Waals surface area (Å²) in [5, 5.41) is 13.1. The Kier molecular flexibility index (Phi) is 5.74. The monoisotopic (exact) mass is 358 g/mol. The Morgan fingerprint density at radius 3 is 2.64 bits per heavy atom. The van der Waals surface area contributed by atoms with Gasteiger partial charge in [-0.15, -0.1) is 0 Å². The highest BCUT2D eigenvalue weighted by atomic mass is 35.5. The highest BCUT2D eigenvalue weighted by Crippen LogP contribution is 2.38. The molecule has 2 atom stereocenters. The van der Waals surface area contributed by atoms with Crippen LogP contribution in [0.25, 0.3) is 0 Å². The second-order valence-corrected chi connectivity index (χ2v) is 6.85. The third-order valence-corrected chi connectivity index (χ3v) is 4.86. The molecule has 0 saturated carbocycles. The van der Waals surface area contributed by atoms with Gasteiger partial charge in [-0.3, -0.25) is 4.79 Å². The predicted octanol–water partition coefficient (Wildman–Crippen LogP) is 2.78. The van der Waals surface area contributed by atoms with E-state index in [9.17, 15) is 9.90 Å². The number of benzene rings is 2. The third kappa shape index (κ3) is 4.03. The zero-order valence-corrected chi connectivity index (χ0v) is 15.0. The number of nitrogens with one attached hydrogen (secondary N) is 1. The maximum absolute atomic E-state index is 12.8. The first kappa shape index (κ1) is 17.9. The van der Waals surface area contributed by atoms with Gasteiger partial charge in [0.25, 0.3) is 0 Å². The summed E-state index contributed by atoms with van der Waals surface area (Å²) in [5.41, 5.74) is 3.33. The third-order valence-electron chi connectivity index (χ3n) is 4.52. The molecule has 0 spiro atoms. The van der Waals surface area contributed by atoms with Crippen LogP contribution in [-0.2, 0) is 11.2 Å². The Labute approximate surface area is 153 Å². The Morgan fingerprint density at radius 1 is 1.24 bits per heavy atom. The largest absolute Gasteiger partial charge is 0.392 e. The van der Waals surface area contributed by atoms with Crippen LogP contribution < -0.4 is 5.32 Å². The van der Waals surface area contributed by atoms with Crippen LogP contribution in [0.5, 0.6) is 0 Å². The van der Waals surface area contributed by atoms with Gasteiger partial charge in [-0.1, -0.05) is 54.1 Å². The number of carbonyl (C=O) groups is 1. The number of fused-ring (bicyclic) bond motifs is 1. The highest BCUT2D eigenvalue weighted by molar-refractivity contribution is 6.31. The minimum atomic E-state index is -0.478. The molecule has 2 aromatic carbocycles. The number of hydrogen-bond acceptors (Lipinski definition) is 3. The van der Waals surface area contributed by atoms with Gasteiger partial charge in [0.05, 0.1) is 18.7 Å². The fourth-order valence-electron chi connectivity index (χ4n) is 3.36. The molecule has 5 heteroatoms. The molecule has 0 radical (unpaired) electrons. The van der Waals surface area contributed by atoms with Crippen LogP contribution in [-0.4, -0.2) is 41.7 Å². The number of carbonyl (C=O) groups excluding carboxylic acids is 1. The summed E-state index contributed by atoms with van der Waals surface area (Å²) in [6, 6.07) is 15.7. The molecule has 0 aliphatic carbocycles. The summed E-state index contributed by atoms with van der Waals surface area (Å²) in [5.74, 6) is 0.0140. The summed E-state index contributed by atoms with van der Waals surface area (Å²) < 4.78 is 0. The van der Waals surface area contributed by atoms with Crippen LogP contribution >= 0.6 is 11.6 Å². The topological polar surface area (TPSA) is 52.6 Å². The molecule has 0 aromatic heterocycles. The lowest BCUT2D eigenvalue weighted by Gasteiger charge is -2.38. The standard InChI is InChI=1S/C20H23ClN2O2/c1-14(24)12-22-13-19(25)23-11-10-15-6-2-3-7-16(15)20(23)17-8-4-5-9-18(17)21/h2-9,14,20,22,24H,10-13H2,1H3. The van der Waals surface area contributed by atoms with E-state index in [0.717, 1.165) is 17.5 Å². The van der Waals surface area contributed by atoms with Gasteiger partial charge in [-0.2, -0.15) is 0 Å². The Morgan fingerprint density at radius 2 is 1.92 bits per heavy atom. The van der Waals surface area contributed by atoms with E-state index in [2.05, 4.69) is 17.4 Å². The molecule has 1 aliphatic heterocycles. The molecule has 2 unspecified atom stereocenters. The molecule has 25 heavy (non-hydrogen) atoms. The lowest BCUT2D eigenvalue weighted by molar-refractivity contribution is -0.132. The lowest BCUT2D eigenvalue weighted by Crippen LogP contribution is -2.45. The molecular formula is C20H23ClN2O2. The van der Waals surface area contributed by atoms with Gasteiger partial charge in [0.2, 0.25) is 5.91 Å². The first-order valence-electron chi connectivity index (χ1n) is 8.58. The Balaban J connectivity index is 1.92. The van der Waals surface area contributed by atoms with E-state index in [1.165, 1.54) is 5.56 Å². The van der Waals surface area contributed by atoms with Gasteiger partial charge in [-0.05, 0) is 36.1 Å². The van der Waals surface area contributed by atoms with Crippen LogP contribution in [0, 0.1) is 0 Å². The van der Waals surface area contributed by atoms with Crippen molar-refractivity contribution in [3.63, 3.8) is 0 Å². The van der Waals surface area contributed by atoms with Crippen molar-refractivity contribution < 1.29 is 9.90 Å². The molecule has 3 rings (SSSR count). The fraction of sp³-hybridized carbons (Fsp3) is 0.350. The average molecular weight is 359 g/mol. The summed E-state index contributed by atoms with van der Waals surface area (Å²) in [6.45, 7) is 2.95. The van der Waals surface area contributed by atoms with Crippen molar-refractivity contribution in [2.75, 3.05) is 19.6 Å². The zero-order chi connectivity index (χ0) is 17.8. The second kappa shape index (κ2) is 8.00. The van der Waals surface area contributed by atoms with Crippen molar-refractivity contribution in [1.82, 2.24) is 10.2 Å². The van der Waals surface area contributed by atoms with Gasteiger partial charge >= 0.3 is 0 Å². The van der Waals surface area contributed by atoms with Gasteiger partial charge in [0, 0.05) is 18.1 Å². The molecule has 2 N–H and O–H groups in total. The SMILES string of the molecule is CC(O)CNCC(=O)N1CCc2ccccc2C1c1ccccc1Cl. The van der Waals surface area contributed by atoms with Crippen LogP contribution in [0.2, 0.25) is 5.02 Å². The van der Waals surface area contributed by atoms with E-state index in [4.69, 9.17) is 11.6 Å². The number of nitrogens with zero attached hydrogens (tertiary/aromatic N) is 1. The Bertz CT molecular complexity index is 748. The highest BCUT2D eigenvalue weighted by Gasteiger charge is 2.32. The average Bonchev–Trinajstić information content (AvgIpc) is 2.61. The number of aliphatic hydroxyl groups excluding tert-OH is 1. The lowest BCUT2D eigenvalue weighted by atomic mass is 9.88. The minimum Gasteiger partial charge on any atom is -0.392 e. The van der Waals surface area contributed by atoms with Gasteiger partial charge < -0.3 is 15.3 Å². The maximum Gasteiger partial charge on any atom is 0.237 e. The first-order valence-corrected chi connectivity index (χ1v) is 8.96. The summed E-state index contributed by atoms with van der Waals surface area (Å²) in [4.78, 5) is 14.7. The van der Waals surface area contributed by atoms with Crippen molar-refractivity contribution >= 4 is 17.5 Å². The zero-order valence-electron chi connectivity index (χ0n) is 14.3. The summed E-state index contributed by atoms with van der Waals surface area (Å²) in [7, 11) is 0. The quantitative estimate of drug-likeness (QED) is 0.864. The second-order valence-electron chi connectivity index (χ2n) is 6.44. The molecular weight excluding hydrogens is 336 g/mol. The molecule has 1 heterocycles. The molecule has 0 saturated heterocycles. The normalized spacial score (nSPS) is 17.9. The van der Waals surface area contributed by atoms with Crippen LogP contribution in [0.3, 0.4) is 0 Å². The molecule has 2 aromatic rings. The van der Waals surface area contributed by atoms with E-state index < -0.39 is 6.10 Å².